The predicted molar refractivity (Wildman–Crippen MR) is 88.6 cm³/mol. The molecule has 0 saturated heterocycles. The molecule has 0 atom stereocenters. The van der Waals surface area contributed by atoms with Crippen LogP contribution in [-0.2, 0) is 11.3 Å². The second-order valence-corrected chi connectivity index (χ2v) is 6.48. The highest BCUT2D eigenvalue weighted by Gasteiger charge is 2.15. The van der Waals surface area contributed by atoms with Crippen LogP contribution >= 0.6 is 15.9 Å². The topological polar surface area (TPSA) is 79.5 Å². The summed E-state index contributed by atoms with van der Waals surface area (Å²) >= 11 is 3.42. The number of ether oxygens (including phenoxy) is 1. The first kappa shape index (κ1) is 18.3. The third kappa shape index (κ3) is 7.87. The van der Waals surface area contributed by atoms with Crippen molar-refractivity contribution in [2.75, 3.05) is 13.1 Å². The zero-order valence-electron chi connectivity index (χ0n) is 13.0. The minimum atomic E-state index is -0.530. The Kier molecular flexibility index (Phi) is 7.17. The Morgan fingerprint density at radius 3 is 2.36 bits per heavy atom. The molecule has 0 aliphatic heterocycles. The summed E-state index contributed by atoms with van der Waals surface area (Å²) in [6.07, 6.45) is -0.497. The van der Waals surface area contributed by atoms with E-state index in [0.29, 0.717) is 19.6 Å². The number of hydrogen-bond donors (Lipinski definition) is 3. The first-order valence-corrected chi connectivity index (χ1v) is 7.79. The van der Waals surface area contributed by atoms with E-state index < -0.39 is 11.7 Å². The van der Waals surface area contributed by atoms with Crippen molar-refractivity contribution in [1.29, 1.82) is 0 Å². The van der Waals surface area contributed by atoms with Crippen molar-refractivity contribution >= 4 is 28.1 Å². The molecule has 0 fully saturated rings. The van der Waals surface area contributed by atoms with Crippen LogP contribution in [0, 0.1) is 0 Å². The summed E-state index contributed by atoms with van der Waals surface area (Å²) in [4.78, 5) is 23.0. The van der Waals surface area contributed by atoms with E-state index >= 15 is 0 Å². The molecule has 0 heterocycles. The molecule has 6 nitrogen and oxygen atoms in total. The molecule has 0 radical (unpaired) electrons. The fraction of sp³-hybridized carbons (Fsp3) is 0.467. The lowest BCUT2D eigenvalue weighted by molar-refractivity contribution is 0.0528. The minimum absolute atomic E-state index is 0.290. The largest absolute Gasteiger partial charge is 0.444 e. The van der Waals surface area contributed by atoms with E-state index in [1.165, 1.54) is 0 Å². The van der Waals surface area contributed by atoms with Crippen LogP contribution in [-0.4, -0.2) is 30.8 Å². The summed E-state index contributed by atoms with van der Waals surface area (Å²) in [6, 6.07) is 7.37. The number of hydrogen-bond acceptors (Lipinski definition) is 3. The average Bonchev–Trinajstić information content (AvgIpc) is 2.41. The van der Waals surface area contributed by atoms with Crippen LogP contribution in [0.1, 0.15) is 26.3 Å². The Balaban J connectivity index is 2.16. The van der Waals surface area contributed by atoms with Crippen LogP contribution < -0.4 is 16.0 Å². The summed E-state index contributed by atoms with van der Waals surface area (Å²) in [5.74, 6) is 0. The van der Waals surface area contributed by atoms with Crippen LogP contribution in [0.3, 0.4) is 0 Å². The number of benzene rings is 1. The summed E-state index contributed by atoms with van der Waals surface area (Å²) in [7, 11) is 0. The van der Waals surface area contributed by atoms with Crippen LogP contribution in [0.2, 0.25) is 0 Å². The van der Waals surface area contributed by atoms with E-state index in [4.69, 9.17) is 4.74 Å². The molecule has 1 aromatic carbocycles. The van der Waals surface area contributed by atoms with Crippen molar-refractivity contribution in [2.24, 2.45) is 0 Å². The summed E-state index contributed by atoms with van der Waals surface area (Å²) in [5.41, 5.74) is 0.461. The maximum absolute atomic E-state index is 11.6. The van der Waals surface area contributed by atoms with E-state index in [2.05, 4.69) is 31.9 Å². The van der Waals surface area contributed by atoms with Crippen molar-refractivity contribution in [3.8, 4) is 0 Å². The monoisotopic (exact) mass is 371 g/mol. The summed E-state index contributed by atoms with van der Waals surface area (Å²) < 4.78 is 6.03. The zero-order valence-corrected chi connectivity index (χ0v) is 14.6. The van der Waals surface area contributed by atoms with E-state index in [0.717, 1.165) is 10.0 Å². The molecule has 7 heteroatoms. The number of rotatable bonds is 5. The van der Waals surface area contributed by atoms with Gasteiger partial charge in [0, 0.05) is 24.1 Å². The highest BCUT2D eigenvalue weighted by Crippen LogP contribution is 2.15. The minimum Gasteiger partial charge on any atom is -0.444 e. The number of halogens is 1. The molecule has 0 aliphatic rings. The zero-order chi connectivity index (χ0) is 16.6. The molecular weight excluding hydrogens is 350 g/mol. The van der Waals surface area contributed by atoms with Gasteiger partial charge < -0.3 is 20.7 Å². The lowest BCUT2D eigenvalue weighted by Crippen LogP contribution is -2.41. The molecule has 0 saturated carbocycles. The average molecular weight is 372 g/mol. The molecule has 1 aromatic rings. The maximum Gasteiger partial charge on any atom is 0.407 e. The second-order valence-electron chi connectivity index (χ2n) is 5.63. The van der Waals surface area contributed by atoms with Crippen LogP contribution in [0.15, 0.2) is 28.7 Å². The molecule has 0 aliphatic carbocycles. The standard InChI is InChI=1S/C15H22BrN3O3/c1-15(2,3)22-14(21)18-9-8-17-13(20)19-10-11-6-4-5-7-12(11)16/h4-7H,8-10H2,1-3H3,(H,18,21)(H2,17,19,20). The fourth-order valence-corrected chi connectivity index (χ4v) is 1.96. The number of urea groups is 1. The van der Waals surface area contributed by atoms with Crippen LogP contribution in [0.25, 0.3) is 0 Å². The number of amides is 3. The van der Waals surface area contributed by atoms with Gasteiger partial charge in [0.05, 0.1) is 0 Å². The molecule has 0 bridgehead atoms. The lowest BCUT2D eigenvalue weighted by atomic mass is 10.2. The van der Waals surface area contributed by atoms with E-state index in [9.17, 15) is 9.59 Å². The number of alkyl carbamates (subject to hydrolysis) is 1. The fourth-order valence-electron chi connectivity index (χ4n) is 1.53. The first-order chi connectivity index (χ1) is 10.3. The molecule has 1 rings (SSSR count). The molecular formula is C15H22BrN3O3. The number of carbonyl (C=O) groups excluding carboxylic acids is 2. The van der Waals surface area contributed by atoms with Gasteiger partial charge in [0.15, 0.2) is 0 Å². The SMILES string of the molecule is CC(C)(C)OC(=O)NCCNC(=O)NCc1ccccc1Br. The van der Waals surface area contributed by atoms with Gasteiger partial charge in [0.2, 0.25) is 0 Å². The van der Waals surface area contributed by atoms with Gasteiger partial charge >= 0.3 is 12.1 Å². The Bertz CT molecular complexity index is 515. The Hall–Kier alpha value is -1.76. The molecule has 3 N–H and O–H groups in total. The normalized spacial score (nSPS) is 10.7. The van der Waals surface area contributed by atoms with Crippen molar-refractivity contribution < 1.29 is 14.3 Å². The third-order valence-corrected chi connectivity index (χ3v) is 3.25. The van der Waals surface area contributed by atoms with Gasteiger partial charge in [0.1, 0.15) is 5.60 Å². The first-order valence-electron chi connectivity index (χ1n) is 7.00. The Morgan fingerprint density at radius 2 is 1.73 bits per heavy atom. The van der Waals surface area contributed by atoms with E-state index in [1.54, 1.807) is 20.8 Å². The molecule has 122 valence electrons. The van der Waals surface area contributed by atoms with Gasteiger partial charge in [-0.1, -0.05) is 34.1 Å². The summed E-state index contributed by atoms with van der Waals surface area (Å²) in [6.45, 7) is 6.42. The van der Waals surface area contributed by atoms with Gasteiger partial charge in [-0.05, 0) is 32.4 Å². The van der Waals surface area contributed by atoms with Gasteiger partial charge in [-0.2, -0.15) is 0 Å². The Morgan fingerprint density at radius 1 is 1.09 bits per heavy atom. The summed E-state index contributed by atoms with van der Waals surface area (Å²) in [5, 5.41) is 7.96. The van der Waals surface area contributed by atoms with Gasteiger partial charge in [-0.3, -0.25) is 0 Å². The van der Waals surface area contributed by atoms with Crippen molar-refractivity contribution in [3.63, 3.8) is 0 Å². The second kappa shape index (κ2) is 8.63. The van der Waals surface area contributed by atoms with Crippen molar-refractivity contribution in [3.05, 3.63) is 34.3 Å². The van der Waals surface area contributed by atoms with Gasteiger partial charge in [-0.25, -0.2) is 9.59 Å². The van der Waals surface area contributed by atoms with E-state index in [-0.39, 0.29) is 6.03 Å². The molecule has 0 aromatic heterocycles. The van der Waals surface area contributed by atoms with Crippen molar-refractivity contribution in [1.82, 2.24) is 16.0 Å². The Labute approximate surface area is 139 Å². The lowest BCUT2D eigenvalue weighted by Gasteiger charge is -2.19. The molecule has 0 spiro atoms. The van der Waals surface area contributed by atoms with Gasteiger partial charge in [-0.15, -0.1) is 0 Å². The maximum atomic E-state index is 11.6. The molecule has 3 amide bonds. The highest BCUT2D eigenvalue weighted by atomic mass is 79.9. The number of nitrogens with one attached hydrogen (secondary N) is 3. The number of carbonyl (C=O) groups is 2. The van der Waals surface area contributed by atoms with Gasteiger partial charge in [0.25, 0.3) is 0 Å². The highest BCUT2D eigenvalue weighted by molar-refractivity contribution is 9.10. The quantitative estimate of drug-likeness (QED) is 0.696. The van der Waals surface area contributed by atoms with Crippen molar-refractivity contribution in [2.45, 2.75) is 32.9 Å². The van der Waals surface area contributed by atoms with E-state index in [1.807, 2.05) is 24.3 Å². The smallest absolute Gasteiger partial charge is 0.407 e. The molecule has 0 unspecified atom stereocenters. The predicted octanol–water partition coefficient (Wildman–Crippen LogP) is 2.77. The van der Waals surface area contributed by atoms with Crippen LogP contribution in [0.5, 0.6) is 0 Å². The molecule has 22 heavy (non-hydrogen) atoms. The third-order valence-electron chi connectivity index (χ3n) is 2.48. The van der Waals surface area contributed by atoms with Crippen LogP contribution in [0.4, 0.5) is 9.59 Å².